The lowest BCUT2D eigenvalue weighted by molar-refractivity contribution is -0.135. The van der Waals surface area contributed by atoms with Gasteiger partial charge in [-0.2, -0.15) is 0 Å². The van der Waals surface area contributed by atoms with Crippen LogP contribution in [0.4, 0.5) is 0 Å². The molecule has 13 heavy (non-hydrogen) atoms. The number of amides is 1. The lowest BCUT2D eigenvalue weighted by atomic mass is 9.97. The maximum absolute atomic E-state index is 11.4. The number of piperidine rings is 1. The van der Waals surface area contributed by atoms with E-state index in [9.17, 15) is 9.90 Å². The van der Waals surface area contributed by atoms with Crippen molar-refractivity contribution in [1.82, 2.24) is 4.90 Å². The Kier molecular flexibility index (Phi) is 2.06. The van der Waals surface area contributed by atoms with Crippen molar-refractivity contribution >= 4 is 5.91 Å². The Morgan fingerprint density at radius 2 is 2.08 bits per heavy atom. The summed E-state index contributed by atoms with van der Waals surface area (Å²) in [6, 6.07) is 0.604. The quantitative estimate of drug-likeness (QED) is 0.602. The van der Waals surface area contributed by atoms with Crippen LogP contribution < -0.4 is 0 Å². The average Bonchev–Trinajstić information content (AvgIpc) is 2.21. The molecule has 1 unspecified atom stereocenters. The first kappa shape index (κ1) is 9.00. The van der Waals surface area contributed by atoms with E-state index in [0.29, 0.717) is 18.0 Å². The van der Waals surface area contributed by atoms with E-state index in [1.54, 1.807) is 6.92 Å². The first-order chi connectivity index (χ1) is 6.09. The number of hydrogen-bond donors (Lipinski definition) is 1. The number of rotatable bonds is 0. The Hall–Kier alpha value is -0.570. The highest BCUT2D eigenvalue weighted by molar-refractivity contribution is 5.74. The molecule has 74 valence electrons. The summed E-state index contributed by atoms with van der Waals surface area (Å²) in [5, 5.41) is 9.57. The van der Waals surface area contributed by atoms with Crippen LogP contribution in [0, 0.1) is 5.92 Å². The molecule has 0 saturated carbocycles. The van der Waals surface area contributed by atoms with Crippen LogP contribution in [0.5, 0.6) is 0 Å². The van der Waals surface area contributed by atoms with Gasteiger partial charge in [-0.3, -0.25) is 4.79 Å². The Balaban J connectivity index is 2.20. The van der Waals surface area contributed by atoms with E-state index < -0.39 is 0 Å². The lowest BCUT2D eigenvalue weighted by Crippen LogP contribution is -2.47. The average molecular weight is 183 g/mol. The largest absolute Gasteiger partial charge is 0.393 e. The fraction of sp³-hybridized carbons (Fsp3) is 0.900. The van der Waals surface area contributed by atoms with Crippen molar-refractivity contribution in [2.75, 3.05) is 0 Å². The molecule has 0 radical (unpaired) electrons. The van der Waals surface area contributed by atoms with Crippen LogP contribution in [-0.4, -0.2) is 34.1 Å². The molecule has 0 aromatic carbocycles. The molecular formula is C10H17NO2. The second-order valence-corrected chi connectivity index (χ2v) is 4.49. The van der Waals surface area contributed by atoms with E-state index in [1.165, 1.54) is 0 Å². The predicted octanol–water partition coefficient (Wildman–Crippen LogP) is 0.767. The number of fused-ring (bicyclic) bond motifs is 2. The Labute approximate surface area is 78.7 Å². The third-order valence-electron chi connectivity index (χ3n) is 3.47. The first-order valence-corrected chi connectivity index (χ1v) is 5.06. The number of carbonyl (C=O) groups is 1. The van der Waals surface area contributed by atoms with Gasteiger partial charge in [0.25, 0.3) is 0 Å². The molecule has 3 nitrogen and oxygen atoms in total. The topological polar surface area (TPSA) is 40.5 Å². The van der Waals surface area contributed by atoms with Gasteiger partial charge >= 0.3 is 0 Å². The zero-order valence-corrected chi connectivity index (χ0v) is 8.23. The van der Waals surface area contributed by atoms with Gasteiger partial charge in [0.2, 0.25) is 5.91 Å². The maximum atomic E-state index is 11.4. The monoisotopic (exact) mass is 183 g/mol. The zero-order chi connectivity index (χ0) is 9.59. The number of aliphatic hydroxyl groups excluding tert-OH is 1. The molecular weight excluding hydrogens is 166 g/mol. The standard InChI is InChI=1S/C10H17NO2/c1-6-3-8-4-9(13)5-10(6)11(8)7(2)12/h6,8-10,13H,3-5H2,1-2H3/t6-,8+,9-,10?/m1/s1. The molecule has 2 saturated heterocycles. The van der Waals surface area contributed by atoms with Crippen molar-refractivity contribution in [2.45, 2.75) is 51.3 Å². The summed E-state index contributed by atoms with van der Waals surface area (Å²) in [7, 11) is 0. The molecule has 1 amide bonds. The third-order valence-corrected chi connectivity index (χ3v) is 3.47. The first-order valence-electron chi connectivity index (χ1n) is 5.06. The number of carbonyl (C=O) groups excluding carboxylic acids is 1. The number of aliphatic hydroxyl groups is 1. The van der Waals surface area contributed by atoms with Crippen molar-refractivity contribution in [3.05, 3.63) is 0 Å². The van der Waals surface area contributed by atoms with Gasteiger partial charge in [-0.15, -0.1) is 0 Å². The van der Waals surface area contributed by atoms with Crippen molar-refractivity contribution in [3.8, 4) is 0 Å². The molecule has 2 aliphatic rings. The summed E-state index contributed by atoms with van der Waals surface area (Å²) in [6.07, 6.45) is 2.44. The highest BCUT2D eigenvalue weighted by atomic mass is 16.3. The van der Waals surface area contributed by atoms with Gasteiger partial charge in [0.15, 0.2) is 0 Å². The third kappa shape index (κ3) is 1.35. The van der Waals surface area contributed by atoms with E-state index in [2.05, 4.69) is 6.92 Å². The van der Waals surface area contributed by atoms with E-state index in [0.717, 1.165) is 19.3 Å². The fourth-order valence-electron chi connectivity index (χ4n) is 2.98. The molecule has 0 aliphatic carbocycles. The van der Waals surface area contributed by atoms with Crippen LogP contribution in [0.25, 0.3) is 0 Å². The van der Waals surface area contributed by atoms with Gasteiger partial charge in [0, 0.05) is 19.0 Å². The van der Waals surface area contributed by atoms with Crippen LogP contribution in [0.15, 0.2) is 0 Å². The van der Waals surface area contributed by atoms with Gasteiger partial charge < -0.3 is 10.0 Å². The summed E-state index contributed by atoms with van der Waals surface area (Å²) in [5.41, 5.74) is 0. The lowest BCUT2D eigenvalue weighted by Gasteiger charge is -2.37. The fourth-order valence-corrected chi connectivity index (χ4v) is 2.98. The van der Waals surface area contributed by atoms with Crippen LogP contribution in [0.3, 0.4) is 0 Å². The molecule has 2 rings (SSSR count). The van der Waals surface area contributed by atoms with Gasteiger partial charge in [0.1, 0.15) is 0 Å². The molecule has 2 aliphatic heterocycles. The van der Waals surface area contributed by atoms with Gasteiger partial charge in [-0.1, -0.05) is 6.92 Å². The van der Waals surface area contributed by atoms with Crippen molar-refractivity contribution in [2.24, 2.45) is 5.92 Å². The second-order valence-electron chi connectivity index (χ2n) is 4.49. The summed E-state index contributed by atoms with van der Waals surface area (Å²) in [4.78, 5) is 13.3. The Morgan fingerprint density at radius 1 is 1.38 bits per heavy atom. The van der Waals surface area contributed by atoms with Crippen molar-refractivity contribution < 1.29 is 9.90 Å². The zero-order valence-electron chi connectivity index (χ0n) is 8.23. The molecule has 2 bridgehead atoms. The van der Waals surface area contributed by atoms with Crippen molar-refractivity contribution in [1.29, 1.82) is 0 Å². The smallest absolute Gasteiger partial charge is 0.219 e. The highest BCUT2D eigenvalue weighted by Crippen LogP contribution is 2.39. The molecule has 4 atom stereocenters. The summed E-state index contributed by atoms with van der Waals surface area (Å²) < 4.78 is 0. The van der Waals surface area contributed by atoms with Gasteiger partial charge in [-0.25, -0.2) is 0 Å². The van der Waals surface area contributed by atoms with Crippen LogP contribution >= 0.6 is 0 Å². The molecule has 2 fully saturated rings. The molecule has 0 aromatic rings. The number of nitrogens with zero attached hydrogens (tertiary/aromatic N) is 1. The Bertz CT molecular complexity index is 227. The van der Waals surface area contributed by atoms with Crippen LogP contribution in [-0.2, 0) is 4.79 Å². The molecule has 0 aromatic heterocycles. The van der Waals surface area contributed by atoms with E-state index >= 15 is 0 Å². The molecule has 1 N–H and O–H groups in total. The van der Waals surface area contributed by atoms with E-state index in [1.807, 2.05) is 4.90 Å². The van der Waals surface area contributed by atoms with Gasteiger partial charge in [-0.05, 0) is 25.2 Å². The normalized spacial score (nSPS) is 43.8. The summed E-state index contributed by atoms with van der Waals surface area (Å²) >= 11 is 0. The van der Waals surface area contributed by atoms with E-state index in [-0.39, 0.29) is 12.0 Å². The minimum absolute atomic E-state index is 0.172. The number of hydrogen-bond acceptors (Lipinski definition) is 2. The highest BCUT2D eigenvalue weighted by Gasteiger charge is 2.45. The summed E-state index contributed by atoms with van der Waals surface area (Å²) in [5.74, 6) is 0.734. The van der Waals surface area contributed by atoms with Crippen LogP contribution in [0.1, 0.15) is 33.1 Å². The maximum Gasteiger partial charge on any atom is 0.219 e. The SMILES string of the molecule is CC(=O)N1C2C[C@H](O)C[C@@H]1C[C@H]2C. The van der Waals surface area contributed by atoms with Crippen LogP contribution in [0.2, 0.25) is 0 Å². The van der Waals surface area contributed by atoms with Gasteiger partial charge in [0.05, 0.1) is 6.10 Å². The van der Waals surface area contributed by atoms with E-state index in [4.69, 9.17) is 0 Å². The summed E-state index contributed by atoms with van der Waals surface area (Å²) in [6.45, 7) is 3.81. The Morgan fingerprint density at radius 3 is 2.62 bits per heavy atom. The minimum atomic E-state index is -0.185. The van der Waals surface area contributed by atoms with Crippen molar-refractivity contribution in [3.63, 3.8) is 0 Å². The molecule has 2 heterocycles. The second kappa shape index (κ2) is 2.98. The molecule has 0 spiro atoms. The minimum Gasteiger partial charge on any atom is -0.393 e. The predicted molar refractivity (Wildman–Crippen MR) is 49.1 cm³/mol. The molecule has 3 heteroatoms.